The molecule has 1 amide bonds. The van der Waals surface area contributed by atoms with Gasteiger partial charge in [-0.2, -0.15) is 0 Å². The van der Waals surface area contributed by atoms with Crippen molar-refractivity contribution in [3.63, 3.8) is 0 Å². The lowest BCUT2D eigenvalue weighted by atomic mass is 10.2. The molecule has 2 atom stereocenters. The van der Waals surface area contributed by atoms with Crippen LogP contribution in [-0.4, -0.2) is 28.2 Å². The Bertz CT molecular complexity index is 160. The first-order valence-corrected chi connectivity index (χ1v) is 5.03. The molecule has 0 aliphatic carbocycles. The molecule has 1 aliphatic heterocycles. The van der Waals surface area contributed by atoms with Gasteiger partial charge in [0.1, 0.15) is 0 Å². The Morgan fingerprint density at radius 3 is 2.82 bits per heavy atom. The zero-order valence-corrected chi connectivity index (χ0v) is 8.60. The normalized spacial score (nSPS) is 27.7. The fourth-order valence-corrected chi connectivity index (χ4v) is 1.79. The van der Waals surface area contributed by atoms with Crippen molar-refractivity contribution in [2.75, 3.05) is 6.54 Å². The fraction of sp³-hybridized carbons (Fsp3) is 0.875. The van der Waals surface area contributed by atoms with Gasteiger partial charge in [-0.15, -0.1) is 0 Å². The molecule has 1 rings (SSSR count). The van der Waals surface area contributed by atoms with Crippen LogP contribution in [-0.2, 0) is 4.79 Å². The van der Waals surface area contributed by atoms with Gasteiger partial charge in [-0.25, -0.2) is 0 Å². The number of halogens is 1. The maximum atomic E-state index is 11.4. The van der Waals surface area contributed by atoms with E-state index in [1.165, 1.54) is 0 Å². The molecule has 0 bridgehead atoms. The predicted octanol–water partition coefficient (Wildman–Crippen LogP) is 1.78. The van der Waals surface area contributed by atoms with E-state index in [4.69, 9.17) is 0 Å². The van der Waals surface area contributed by atoms with Crippen LogP contribution in [0.1, 0.15) is 26.7 Å². The SMILES string of the molecule is CCC(C)N1CCC(Br)C1=O. The van der Waals surface area contributed by atoms with Gasteiger partial charge < -0.3 is 4.90 Å². The second-order valence-corrected chi connectivity index (χ2v) is 4.15. The van der Waals surface area contributed by atoms with Crippen molar-refractivity contribution in [1.29, 1.82) is 0 Å². The minimum atomic E-state index is 0.0801. The largest absolute Gasteiger partial charge is 0.339 e. The summed E-state index contributed by atoms with van der Waals surface area (Å²) in [6.07, 6.45) is 2.01. The van der Waals surface area contributed by atoms with Crippen LogP contribution in [0.4, 0.5) is 0 Å². The maximum absolute atomic E-state index is 11.4. The van der Waals surface area contributed by atoms with Gasteiger partial charge >= 0.3 is 0 Å². The molecule has 1 fully saturated rings. The van der Waals surface area contributed by atoms with E-state index >= 15 is 0 Å². The Labute approximate surface area is 76.1 Å². The molecule has 1 saturated heterocycles. The van der Waals surface area contributed by atoms with E-state index in [-0.39, 0.29) is 10.7 Å². The zero-order chi connectivity index (χ0) is 8.43. The van der Waals surface area contributed by atoms with Gasteiger partial charge in [0.05, 0.1) is 4.83 Å². The van der Waals surface area contributed by atoms with Crippen molar-refractivity contribution in [2.45, 2.75) is 37.6 Å². The van der Waals surface area contributed by atoms with Crippen LogP contribution in [0, 0.1) is 0 Å². The number of carbonyl (C=O) groups is 1. The number of amides is 1. The maximum Gasteiger partial charge on any atom is 0.236 e. The van der Waals surface area contributed by atoms with Crippen LogP contribution in [0.25, 0.3) is 0 Å². The number of rotatable bonds is 2. The smallest absolute Gasteiger partial charge is 0.236 e. The highest BCUT2D eigenvalue weighted by Crippen LogP contribution is 2.21. The summed E-state index contributed by atoms with van der Waals surface area (Å²) >= 11 is 3.35. The Balaban J connectivity index is 2.54. The number of nitrogens with zero attached hydrogens (tertiary/aromatic N) is 1. The van der Waals surface area contributed by atoms with Crippen LogP contribution >= 0.6 is 15.9 Å². The van der Waals surface area contributed by atoms with E-state index in [2.05, 4.69) is 29.8 Å². The van der Waals surface area contributed by atoms with Gasteiger partial charge in [0, 0.05) is 12.6 Å². The third kappa shape index (κ3) is 1.75. The van der Waals surface area contributed by atoms with Crippen molar-refractivity contribution < 1.29 is 4.79 Å². The molecule has 0 N–H and O–H groups in total. The van der Waals surface area contributed by atoms with Gasteiger partial charge in [0.15, 0.2) is 0 Å². The Morgan fingerprint density at radius 1 is 1.82 bits per heavy atom. The van der Waals surface area contributed by atoms with Crippen molar-refractivity contribution >= 4 is 21.8 Å². The highest BCUT2D eigenvalue weighted by molar-refractivity contribution is 9.10. The highest BCUT2D eigenvalue weighted by atomic mass is 79.9. The molecular formula is C8H14BrNO. The summed E-state index contributed by atoms with van der Waals surface area (Å²) in [6.45, 7) is 5.13. The lowest BCUT2D eigenvalue weighted by Gasteiger charge is -2.22. The van der Waals surface area contributed by atoms with E-state index in [0.717, 1.165) is 19.4 Å². The number of hydrogen-bond acceptors (Lipinski definition) is 1. The van der Waals surface area contributed by atoms with E-state index in [0.29, 0.717) is 6.04 Å². The topological polar surface area (TPSA) is 20.3 Å². The van der Waals surface area contributed by atoms with E-state index in [1.54, 1.807) is 0 Å². The summed E-state index contributed by atoms with van der Waals surface area (Å²) in [5, 5.41) is 0. The third-order valence-electron chi connectivity index (χ3n) is 2.30. The molecule has 64 valence electrons. The van der Waals surface area contributed by atoms with Crippen LogP contribution < -0.4 is 0 Å². The minimum Gasteiger partial charge on any atom is -0.339 e. The first kappa shape index (κ1) is 9.04. The van der Waals surface area contributed by atoms with E-state index in [1.807, 2.05) is 4.90 Å². The molecular weight excluding hydrogens is 206 g/mol. The minimum absolute atomic E-state index is 0.0801. The highest BCUT2D eigenvalue weighted by Gasteiger charge is 2.31. The number of hydrogen-bond donors (Lipinski definition) is 0. The monoisotopic (exact) mass is 219 g/mol. The van der Waals surface area contributed by atoms with Gasteiger partial charge in [-0.1, -0.05) is 22.9 Å². The van der Waals surface area contributed by atoms with E-state index < -0.39 is 0 Å². The fourth-order valence-electron chi connectivity index (χ4n) is 1.32. The number of alkyl halides is 1. The molecule has 0 spiro atoms. The van der Waals surface area contributed by atoms with Gasteiger partial charge in [0.2, 0.25) is 5.91 Å². The van der Waals surface area contributed by atoms with Crippen molar-refractivity contribution in [1.82, 2.24) is 4.90 Å². The molecule has 3 heteroatoms. The number of likely N-dealkylation sites (tertiary alicyclic amines) is 1. The molecule has 0 aromatic heterocycles. The second-order valence-electron chi connectivity index (χ2n) is 3.05. The third-order valence-corrected chi connectivity index (χ3v) is 3.15. The first-order valence-electron chi connectivity index (χ1n) is 4.11. The summed E-state index contributed by atoms with van der Waals surface area (Å²) in [5.74, 6) is 0.263. The molecule has 0 radical (unpaired) electrons. The molecule has 11 heavy (non-hydrogen) atoms. The molecule has 1 heterocycles. The molecule has 2 nitrogen and oxygen atoms in total. The average molecular weight is 220 g/mol. The lowest BCUT2D eigenvalue weighted by molar-refractivity contribution is -0.128. The van der Waals surface area contributed by atoms with Crippen molar-refractivity contribution in [2.24, 2.45) is 0 Å². The summed E-state index contributed by atoms with van der Waals surface area (Å²) in [6, 6.07) is 0.407. The average Bonchev–Trinajstić information content (AvgIpc) is 2.32. The Morgan fingerprint density at radius 2 is 2.45 bits per heavy atom. The van der Waals surface area contributed by atoms with Crippen molar-refractivity contribution in [3.05, 3.63) is 0 Å². The van der Waals surface area contributed by atoms with Gasteiger partial charge in [-0.05, 0) is 19.8 Å². The van der Waals surface area contributed by atoms with Crippen molar-refractivity contribution in [3.8, 4) is 0 Å². The van der Waals surface area contributed by atoms with Crippen LogP contribution in [0.2, 0.25) is 0 Å². The molecule has 0 aromatic carbocycles. The molecule has 2 unspecified atom stereocenters. The van der Waals surface area contributed by atoms with Gasteiger partial charge in [-0.3, -0.25) is 4.79 Å². The van der Waals surface area contributed by atoms with E-state index in [9.17, 15) is 4.79 Å². The summed E-state index contributed by atoms with van der Waals surface area (Å²) in [7, 11) is 0. The number of carbonyl (C=O) groups excluding carboxylic acids is 1. The lowest BCUT2D eigenvalue weighted by Crippen LogP contribution is -2.35. The zero-order valence-electron chi connectivity index (χ0n) is 7.01. The first-order chi connectivity index (χ1) is 5.16. The van der Waals surface area contributed by atoms with Gasteiger partial charge in [0.25, 0.3) is 0 Å². The summed E-state index contributed by atoms with van der Waals surface area (Å²) < 4.78 is 0. The molecule has 1 aliphatic rings. The quantitative estimate of drug-likeness (QED) is 0.649. The van der Waals surface area contributed by atoms with Crippen LogP contribution in [0.5, 0.6) is 0 Å². The standard InChI is InChI=1S/C8H14BrNO/c1-3-6(2)10-5-4-7(9)8(10)11/h6-7H,3-5H2,1-2H3. The Hall–Kier alpha value is -0.0500. The predicted molar refractivity (Wildman–Crippen MR) is 48.8 cm³/mol. The summed E-state index contributed by atoms with van der Waals surface area (Å²) in [4.78, 5) is 13.4. The Kier molecular flexibility index (Phi) is 2.93. The van der Waals surface area contributed by atoms with Crippen LogP contribution in [0.15, 0.2) is 0 Å². The second kappa shape index (κ2) is 3.57. The summed E-state index contributed by atoms with van der Waals surface area (Å²) in [5.41, 5.74) is 0. The van der Waals surface area contributed by atoms with Crippen LogP contribution in [0.3, 0.4) is 0 Å². The molecule has 0 aromatic rings. The molecule has 0 saturated carbocycles.